The maximum absolute atomic E-state index is 12.5. The molecule has 0 radical (unpaired) electrons. The van der Waals surface area contributed by atoms with Crippen molar-refractivity contribution in [1.82, 2.24) is 5.32 Å². The van der Waals surface area contributed by atoms with E-state index in [9.17, 15) is 9.90 Å². The van der Waals surface area contributed by atoms with E-state index in [-0.39, 0.29) is 23.4 Å². The number of likely N-dealkylation sites (N-methyl/N-ethyl adjacent to an activating group) is 1. The largest absolute Gasteiger partial charge is 0.462 e. The van der Waals surface area contributed by atoms with E-state index >= 15 is 0 Å². The van der Waals surface area contributed by atoms with Gasteiger partial charge in [0.25, 0.3) is 0 Å². The Balaban J connectivity index is 4.93. The van der Waals surface area contributed by atoms with Crippen molar-refractivity contribution in [2.45, 2.75) is 61.0 Å². The zero-order chi connectivity index (χ0) is 16.2. The summed E-state index contributed by atoms with van der Waals surface area (Å²) in [7, 11) is 1.75. The highest BCUT2D eigenvalue weighted by atomic mass is 16.5. The first-order valence-electron chi connectivity index (χ1n) is 7.33. The summed E-state index contributed by atoms with van der Waals surface area (Å²) in [5.74, 6) is -0.227. The predicted molar refractivity (Wildman–Crippen MR) is 82.5 cm³/mol. The minimum atomic E-state index is -0.664. The third kappa shape index (κ3) is 5.80. The van der Waals surface area contributed by atoms with Crippen molar-refractivity contribution < 1.29 is 14.6 Å². The number of esters is 1. The zero-order valence-electron chi connectivity index (χ0n) is 14.5. The number of nitrogens with one attached hydrogen (secondary N) is 1. The van der Waals surface area contributed by atoms with Crippen LogP contribution in [0.5, 0.6) is 0 Å². The molecule has 0 heterocycles. The lowest BCUT2D eigenvalue weighted by atomic mass is 9.61. The van der Waals surface area contributed by atoms with Gasteiger partial charge in [-0.05, 0) is 31.2 Å². The predicted octanol–water partition coefficient (Wildman–Crippen LogP) is 2.60. The molecule has 2 N–H and O–H groups in total. The van der Waals surface area contributed by atoms with Gasteiger partial charge < -0.3 is 15.2 Å². The Bertz CT molecular complexity index is 315. The Morgan fingerprint density at radius 2 is 1.65 bits per heavy atom. The topological polar surface area (TPSA) is 58.6 Å². The number of carbonyl (C=O) groups is 1. The lowest BCUT2D eigenvalue weighted by Gasteiger charge is -2.43. The van der Waals surface area contributed by atoms with Crippen LogP contribution in [-0.2, 0) is 9.53 Å². The summed E-state index contributed by atoms with van der Waals surface area (Å²) in [6.07, 6.45) is 0.0765. The second-order valence-electron chi connectivity index (χ2n) is 8.13. The summed E-state index contributed by atoms with van der Waals surface area (Å²) in [6.45, 7) is 15.0. The molecular weight excluding hydrogens is 254 g/mol. The quantitative estimate of drug-likeness (QED) is 0.737. The molecule has 0 aliphatic heterocycles. The molecule has 0 bridgehead atoms. The Morgan fingerprint density at radius 1 is 1.15 bits per heavy atom. The highest BCUT2D eigenvalue weighted by molar-refractivity contribution is 5.77. The van der Waals surface area contributed by atoms with Crippen molar-refractivity contribution in [3.05, 3.63) is 0 Å². The van der Waals surface area contributed by atoms with Crippen LogP contribution in [-0.4, -0.2) is 37.4 Å². The Hall–Kier alpha value is -0.610. The Labute approximate surface area is 124 Å². The van der Waals surface area contributed by atoms with E-state index in [1.165, 1.54) is 0 Å². The second kappa shape index (κ2) is 6.90. The van der Waals surface area contributed by atoms with Gasteiger partial charge in [-0.2, -0.15) is 0 Å². The number of hydrogen-bond acceptors (Lipinski definition) is 4. The van der Waals surface area contributed by atoms with E-state index in [0.717, 1.165) is 6.42 Å². The number of ether oxygens (including phenoxy) is 1. The summed E-state index contributed by atoms with van der Waals surface area (Å²) < 4.78 is 5.36. The summed E-state index contributed by atoms with van der Waals surface area (Å²) in [6, 6.07) is 0. The molecule has 0 spiro atoms. The molecular formula is C16H33NO3. The van der Waals surface area contributed by atoms with Crippen LogP contribution in [0.3, 0.4) is 0 Å². The molecule has 0 aliphatic rings. The van der Waals surface area contributed by atoms with Crippen molar-refractivity contribution in [1.29, 1.82) is 0 Å². The molecule has 0 fully saturated rings. The maximum Gasteiger partial charge on any atom is 0.312 e. The molecule has 0 amide bonds. The van der Waals surface area contributed by atoms with Crippen LogP contribution in [0.4, 0.5) is 0 Å². The van der Waals surface area contributed by atoms with Crippen molar-refractivity contribution in [2.24, 2.45) is 16.2 Å². The number of hydrogen-bond donors (Lipinski definition) is 2. The van der Waals surface area contributed by atoms with Gasteiger partial charge in [-0.3, -0.25) is 4.79 Å². The first-order chi connectivity index (χ1) is 8.83. The van der Waals surface area contributed by atoms with Gasteiger partial charge in [0.05, 0.1) is 5.41 Å². The molecule has 2 atom stereocenters. The SMILES string of the molecule is CNCC(O)COC(=O)C(C)(CC(C)(C)C)C(C)(C)C. The molecule has 0 aromatic heterocycles. The van der Waals surface area contributed by atoms with Crippen molar-refractivity contribution in [3.8, 4) is 0 Å². The van der Waals surface area contributed by atoms with E-state index in [2.05, 4.69) is 46.9 Å². The molecule has 0 aromatic carbocycles. The summed E-state index contributed by atoms with van der Waals surface area (Å²) in [4.78, 5) is 12.5. The van der Waals surface area contributed by atoms with Crippen molar-refractivity contribution >= 4 is 5.97 Å². The molecule has 20 heavy (non-hydrogen) atoms. The molecule has 0 aliphatic carbocycles. The molecule has 0 aromatic rings. The van der Waals surface area contributed by atoms with Crippen LogP contribution >= 0.6 is 0 Å². The average molecular weight is 287 g/mol. The Morgan fingerprint density at radius 3 is 2.00 bits per heavy atom. The fourth-order valence-corrected chi connectivity index (χ4v) is 2.33. The van der Waals surface area contributed by atoms with Crippen molar-refractivity contribution in [2.75, 3.05) is 20.2 Å². The number of aliphatic hydroxyl groups excluding tert-OH is 1. The lowest BCUT2D eigenvalue weighted by Crippen LogP contribution is -2.45. The third-order valence-electron chi connectivity index (χ3n) is 3.84. The van der Waals surface area contributed by atoms with Crippen LogP contribution in [0.1, 0.15) is 54.9 Å². The fourth-order valence-electron chi connectivity index (χ4n) is 2.33. The summed E-state index contributed by atoms with van der Waals surface area (Å²) >= 11 is 0. The van der Waals surface area contributed by atoms with Gasteiger partial charge in [0, 0.05) is 6.54 Å². The maximum atomic E-state index is 12.5. The number of aliphatic hydroxyl groups is 1. The highest BCUT2D eigenvalue weighted by Crippen LogP contribution is 2.47. The number of carbonyl (C=O) groups excluding carboxylic acids is 1. The zero-order valence-corrected chi connectivity index (χ0v) is 14.5. The summed E-state index contributed by atoms with van der Waals surface area (Å²) in [5, 5.41) is 12.5. The molecule has 4 nitrogen and oxygen atoms in total. The van der Waals surface area contributed by atoms with Crippen LogP contribution in [0.2, 0.25) is 0 Å². The minimum absolute atomic E-state index is 0.0324. The standard InChI is InChI=1S/C16H33NO3/c1-14(2,3)11-16(7,15(4,5)6)13(19)20-10-12(18)9-17-8/h12,17-18H,9-11H2,1-8H3. The van der Waals surface area contributed by atoms with E-state index in [4.69, 9.17) is 4.74 Å². The number of rotatable bonds is 6. The monoisotopic (exact) mass is 287 g/mol. The molecule has 0 rings (SSSR count). The molecule has 0 saturated heterocycles. The molecule has 2 unspecified atom stereocenters. The molecule has 4 heteroatoms. The minimum Gasteiger partial charge on any atom is -0.462 e. The van der Waals surface area contributed by atoms with Gasteiger partial charge in [-0.15, -0.1) is 0 Å². The normalized spacial score (nSPS) is 17.4. The Kier molecular flexibility index (Phi) is 6.69. The fraction of sp³-hybridized carbons (Fsp3) is 0.938. The van der Waals surface area contributed by atoms with Gasteiger partial charge in [-0.25, -0.2) is 0 Å². The average Bonchev–Trinajstić information content (AvgIpc) is 2.22. The van der Waals surface area contributed by atoms with Crippen molar-refractivity contribution in [3.63, 3.8) is 0 Å². The van der Waals surface area contributed by atoms with E-state index in [1.54, 1.807) is 7.05 Å². The molecule has 120 valence electrons. The third-order valence-corrected chi connectivity index (χ3v) is 3.84. The lowest BCUT2D eigenvalue weighted by molar-refractivity contribution is -0.167. The van der Waals surface area contributed by atoms with E-state index in [0.29, 0.717) is 6.54 Å². The van der Waals surface area contributed by atoms with Crippen LogP contribution in [0.25, 0.3) is 0 Å². The molecule has 0 saturated carbocycles. The van der Waals surface area contributed by atoms with Gasteiger partial charge in [0.1, 0.15) is 12.7 Å². The highest BCUT2D eigenvalue weighted by Gasteiger charge is 2.47. The van der Waals surface area contributed by atoms with Crippen LogP contribution in [0, 0.1) is 16.2 Å². The second-order valence-corrected chi connectivity index (χ2v) is 8.13. The summed E-state index contributed by atoms with van der Waals surface area (Å²) in [5.41, 5.74) is -0.749. The first kappa shape index (κ1) is 19.4. The van der Waals surface area contributed by atoms with Gasteiger partial charge >= 0.3 is 5.97 Å². The van der Waals surface area contributed by atoms with Gasteiger partial charge in [-0.1, -0.05) is 41.5 Å². The van der Waals surface area contributed by atoms with E-state index < -0.39 is 11.5 Å². The van der Waals surface area contributed by atoms with Crippen LogP contribution in [0.15, 0.2) is 0 Å². The van der Waals surface area contributed by atoms with Crippen LogP contribution < -0.4 is 5.32 Å². The van der Waals surface area contributed by atoms with Gasteiger partial charge in [0.2, 0.25) is 0 Å². The van der Waals surface area contributed by atoms with Gasteiger partial charge in [0.15, 0.2) is 0 Å². The van der Waals surface area contributed by atoms with E-state index in [1.807, 2.05) is 6.92 Å². The smallest absolute Gasteiger partial charge is 0.312 e. The first-order valence-corrected chi connectivity index (χ1v) is 7.33.